The van der Waals surface area contributed by atoms with Gasteiger partial charge in [-0.25, -0.2) is 8.42 Å². The summed E-state index contributed by atoms with van der Waals surface area (Å²) in [6.07, 6.45) is 1.35. The van der Waals surface area contributed by atoms with Gasteiger partial charge in [0.1, 0.15) is 14.3 Å². The molecule has 3 nitrogen and oxygen atoms in total. The van der Waals surface area contributed by atoms with E-state index in [1.165, 1.54) is 6.08 Å². The Balaban J connectivity index is 0.00000121. The van der Waals surface area contributed by atoms with Gasteiger partial charge in [-0.3, -0.25) is 0 Å². The Labute approximate surface area is 97.2 Å². The van der Waals surface area contributed by atoms with Crippen molar-refractivity contribution in [3.05, 3.63) is 23.6 Å². The van der Waals surface area contributed by atoms with Crippen molar-refractivity contribution < 1.29 is 42.5 Å². The van der Waals surface area contributed by atoms with Crippen molar-refractivity contribution >= 4 is 27.5 Å². The average Bonchev–Trinajstić information content (AvgIpc) is 2.31. The maximum absolute atomic E-state index is 10.5. The van der Waals surface area contributed by atoms with E-state index in [-0.39, 0.29) is 33.8 Å². The van der Waals surface area contributed by atoms with Gasteiger partial charge in [0, 0.05) is 5.56 Å². The Morgan fingerprint density at radius 3 is 2.50 bits per heavy atom. The van der Waals surface area contributed by atoms with Gasteiger partial charge in [0.2, 0.25) is 0 Å². The van der Waals surface area contributed by atoms with Crippen molar-refractivity contribution in [2.75, 3.05) is 0 Å². The summed E-state index contributed by atoms with van der Waals surface area (Å²) in [5.74, 6) is 0. The van der Waals surface area contributed by atoms with Gasteiger partial charge in [-0.05, 0) is 11.4 Å². The molecule has 0 aromatic carbocycles. The molecule has 0 aliphatic rings. The van der Waals surface area contributed by atoms with E-state index in [0.717, 1.165) is 11.3 Å². The van der Waals surface area contributed by atoms with Crippen LogP contribution in [0, 0.1) is 0 Å². The van der Waals surface area contributed by atoms with Gasteiger partial charge in [0.25, 0.3) is 0 Å². The summed E-state index contributed by atoms with van der Waals surface area (Å²) in [7, 11) is -4.30. The van der Waals surface area contributed by atoms with Crippen LogP contribution in [0.3, 0.4) is 0 Å². The van der Waals surface area contributed by atoms with Crippen LogP contribution in [0.2, 0.25) is 0 Å². The first-order chi connectivity index (χ1) is 5.05. The van der Waals surface area contributed by atoms with Crippen LogP contribution in [-0.4, -0.2) is 13.0 Å². The minimum absolute atomic E-state index is 0. The van der Waals surface area contributed by atoms with Crippen molar-refractivity contribution in [2.24, 2.45) is 0 Å². The van der Waals surface area contributed by atoms with E-state index in [9.17, 15) is 13.0 Å². The van der Waals surface area contributed by atoms with Crippen molar-refractivity contribution in [1.29, 1.82) is 0 Å². The van der Waals surface area contributed by atoms with Crippen molar-refractivity contribution in [3.8, 4) is 0 Å². The molecule has 0 bridgehead atoms. The largest absolute Gasteiger partial charge is 1.00 e. The predicted molar refractivity (Wildman–Crippen MR) is 42.4 cm³/mol. The van der Waals surface area contributed by atoms with E-state index in [4.69, 9.17) is 0 Å². The van der Waals surface area contributed by atoms with Gasteiger partial charge in [0.05, 0.1) is 0 Å². The molecule has 1 aromatic heterocycles. The molecule has 6 heteroatoms. The normalized spacial score (nSPS) is 10.4. The van der Waals surface area contributed by atoms with Crippen LogP contribution >= 0.6 is 11.3 Å². The fourth-order valence-electron chi connectivity index (χ4n) is 0.660. The molecule has 0 radical (unpaired) electrons. The molecule has 0 atom stereocenters. The van der Waals surface area contributed by atoms with Crippen LogP contribution in [0.25, 0.3) is 6.08 Å². The Hall–Kier alpha value is 0.350. The molecule has 0 amide bonds. The van der Waals surface area contributed by atoms with Crippen molar-refractivity contribution in [1.82, 2.24) is 0 Å². The number of rotatable bonds is 2. The molecule has 60 valence electrons. The molecular weight excluding hydrogens is 207 g/mol. The van der Waals surface area contributed by atoms with Gasteiger partial charge >= 0.3 is 29.6 Å². The first kappa shape index (κ1) is 12.3. The summed E-state index contributed by atoms with van der Waals surface area (Å²) in [5, 5.41) is 1.54. The fourth-order valence-corrected chi connectivity index (χ4v) is 2.36. The smallest absolute Gasteiger partial charge is 0.743 e. The Kier molecular flexibility index (Phi) is 4.68. The number of thiophene rings is 1. The maximum Gasteiger partial charge on any atom is 1.00 e. The van der Waals surface area contributed by atoms with Gasteiger partial charge in [0.15, 0.2) is 0 Å². The summed E-state index contributed by atoms with van der Waals surface area (Å²) < 4.78 is 31.3. The van der Waals surface area contributed by atoms with Crippen LogP contribution in [-0.2, 0) is 10.1 Å². The molecule has 0 spiro atoms. The molecule has 1 aromatic rings. The van der Waals surface area contributed by atoms with E-state index in [1.54, 1.807) is 11.4 Å². The second kappa shape index (κ2) is 4.55. The predicted octanol–water partition coefficient (Wildman–Crippen LogP) is -1.70. The van der Waals surface area contributed by atoms with Gasteiger partial charge in [-0.15, -0.1) is 11.3 Å². The first-order valence-corrected chi connectivity index (χ1v) is 5.00. The molecule has 1 rings (SSSR count). The Bertz CT molecular complexity index is 366. The van der Waals surface area contributed by atoms with Crippen LogP contribution in [0.4, 0.5) is 0 Å². The van der Waals surface area contributed by atoms with Crippen LogP contribution in [0.1, 0.15) is 5.56 Å². The van der Waals surface area contributed by atoms with Crippen molar-refractivity contribution in [2.45, 2.75) is 4.21 Å². The van der Waals surface area contributed by atoms with E-state index < -0.39 is 10.1 Å². The van der Waals surface area contributed by atoms with Crippen LogP contribution in [0.5, 0.6) is 0 Å². The SMILES string of the molecule is C=Cc1ccsc1S(=O)(=O)[O-].[Na+]. The second-order valence-electron chi connectivity index (χ2n) is 1.82. The maximum atomic E-state index is 10.5. The third-order valence-electron chi connectivity index (χ3n) is 1.11. The number of hydrogen-bond acceptors (Lipinski definition) is 4. The van der Waals surface area contributed by atoms with Crippen molar-refractivity contribution in [3.63, 3.8) is 0 Å². The molecule has 12 heavy (non-hydrogen) atoms. The molecule has 0 saturated heterocycles. The minimum Gasteiger partial charge on any atom is -0.743 e. The first-order valence-electron chi connectivity index (χ1n) is 2.71. The van der Waals surface area contributed by atoms with E-state index in [2.05, 4.69) is 6.58 Å². The van der Waals surface area contributed by atoms with Crippen LogP contribution in [0.15, 0.2) is 22.2 Å². The Morgan fingerprint density at radius 1 is 1.58 bits per heavy atom. The zero-order valence-corrected chi connectivity index (χ0v) is 10.1. The molecule has 0 saturated carbocycles. The zero-order chi connectivity index (χ0) is 8.48. The molecule has 1 heterocycles. The number of hydrogen-bond donors (Lipinski definition) is 0. The third kappa shape index (κ3) is 2.69. The van der Waals surface area contributed by atoms with Gasteiger partial charge in [-0.1, -0.05) is 12.7 Å². The summed E-state index contributed by atoms with van der Waals surface area (Å²) in [6.45, 7) is 3.38. The summed E-state index contributed by atoms with van der Waals surface area (Å²) in [5.41, 5.74) is 0.380. The zero-order valence-electron chi connectivity index (χ0n) is 6.48. The average molecular weight is 212 g/mol. The summed E-state index contributed by atoms with van der Waals surface area (Å²) in [6, 6.07) is 1.54. The summed E-state index contributed by atoms with van der Waals surface area (Å²) in [4.78, 5) is 0. The molecule has 0 N–H and O–H groups in total. The molecular formula is C6H5NaO3S2. The summed E-state index contributed by atoms with van der Waals surface area (Å²) >= 11 is 0.909. The van der Waals surface area contributed by atoms with Gasteiger partial charge in [-0.2, -0.15) is 0 Å². The molecule has 0 aliphatic carbocycles. The standard InChI is InChI=1S/C6H6O3S2.Na/c1-2-5-3-4-10-6(5)11(7,8)9;/h2-4H,1H2,(H,7,8,9);/q;+1/p-1. The Morgan fingerprint density at radius 2 is 2.17 bits per heavy atom. The van der Waals surface area contributed by atoms with E-state index >= 15 is 0 Å². The molecule has 0 aliphatic heterocycles. The quantitative estimate of drug-likeness (QED) is 0.433. The topological polar surface area (TPSA) is 57.2 Å². The van der Waals surface area contributed by atoms with E-state index in [0.29, 0.717) is 5.56 Å². The third-order valence-corrected chi connectivity index (χ3v) is 3.42. The van der Waals surface area contributed by atoms with E-state index in [1.807, 2.05) is 0 Å². The molecule has 0 fully saturated rings. The monoisotopic (exact) mass is 212 g/mol. The second-order valence-corrected chi connectivity index (χ2v) is 4.31. The fraction of sp³-hybridized carbons (Fsp3) is 0. The minimum atomic E-state index is -4.30. The molecule has 0 unspecified atom stereocenters. The van der Waals surface area contributed by atoms with Gasteiger partial charge < -0.3 is 4.55 Å². The van der Waals surface area contributed by atoms with Crippen LogP contribution < -0.4 is 29.6 Å².